The molecule has 1 aromatic heterocycles. The summed E-state index contributed by atoms with van der Waals surface area (Å²) in [6.45, 7) is 4.59. The van der Waals surface area contributed by atoms with Gasteiger partial charge in [-0.25, -0.2) is 9.98 Å². The Bertz CT molecular complexity index is 376. The third kappa shape index (κ3) is 4.00. The molecule has 0 saturated carbocycles. The summed E-state index contributed by atoms with van der Waals surface area (Å²) < 4.78 is 5.01. The van der Waals surface area contributed by atoms with Gasteiger partial charge in [0.2, 0.25) is 5.88 Å². The van der Waals surface area contributed by atoms with Gasteiger partial charge < -0.3 is 15.8 Å². The highest BCUT2D eigenvalue weighted by molar-refractivity contribution is 5.77. The van der Waals surface area contributed by atoms with Crippen LogP contribution in [-0.2, 0) is 6.54 Å². The van der Waals surface area contributed by atoms with E-state index in [9.17, 15) is 0 Å². The number of rotatable bonds is 5. The van der Waals surface area contributed by atoms with Gasteiger partial charge >= 0.3 is 0 Å². The molecule has 1 aromatic rings. The Morgan fingerprint density at radius 2 is 2.50 bits per heavy atom. The van der Waals surface area contributed by atoms with Crippen LogP contribution in [0.4, 0.5) is 0 Å². The fraction of sp³-hybridized carbons (Fsp3) is 0.273. The summed E-state index contributed by atoms with van der Waals surface area (Å²) in [5, 5.41) is 2.88. The highest BCUT2D eigenvalue weighted by Crippen LogP contribution is 2.06. The van der Waals surface area contributed by atoms with Crippen LogP contribution in [0.1, 0.15) is 5.69 Å². The molecule has 0 aliphatic carbocycles. The molecule has 0 bridgehead atoms. The molecule has 0 aliphatic rings. The molecule has 0 spiro atoms. The van der Waals surface area contributed by atoms with Crippen LogP contribution in [-0.4, -0.2) is 24.6 Å². The van der Waals surface area contributed by atoms with Crippen LogP contribution in [0, 0.1) is 0 Å². The van der Waals surface area contributed by atoms with E-state index in [0.717, 1.165) is 5.69 Å². The maximum Gasteiger partial charge on any atom is 0.213 e. The van der Waals surface area contributed by atoms with Gasteiger partial charge in [0.15, 0.2) is 5.96 Å². The summed E-state index contributed by atoms with van der Waals surface area (Å²) in [5.74, 6) is 0.954. The van der Waals surface area contributed by atoms with Crippen molar-refractivity contribution in [1.82, 2.24) is 10.3 Å². The number of guanidine groups is 1. The van der Waals surface area contributed by atoms with E-state index in [1.807, 2.05) is 12.1 Å². The lowest BCUT2D eigenvalue weighted by Crippen LogP contribution is -2.31. The smallest absolute Gasteiger partial charge is 0.213 e. The quantitative estimate of drug-likeness (QED) is 0.435. The van der Waals surface area contributed by atoms with Gasteiger partial charge in [0.1, 0.15) is 0 Å². The molecule has 0 atom stereocenters. The average molecular weight is 220 g/mol. The molecule has 1 heterocycles. The van der Waals surface area contributed by atoms with E-state index >= 15 is 0 Å². The fourth-order valence-corrected chi connectivity index (χ4v) is 1.06. The van der Waals surface area contributed by atoms with E-state index in [-0.39, 0.29) is 0 Å². The Morgan fingerprint density at radius 1 is 1.69 bits per heavy atom. The first-order chi connectivity index (χ1) is 7.76. The number of hydrogen-bond acceptors (Lipinski definition) is 3. The van der Waals surface area contributed by atoms with Crippen LogP contribution >= 0.6 is 0 Å². The van der Waals surface area contributed by atoms with E-state index in [1.165, 1.54) is 0 Å². The van der Waals surface area contributed by atoms with E-state index in [2.05, 4.69) is 21.9 Å². The summed E-state index contributed by atoms with van der Waals surface area (Å²) in [7, 11) is 1.58. The van der Waals surface area contributed by atoms with E-state index in [4.69, 9.17) is 10.5 Å². The summed E-state index contributed by atoms with van der Waals surface area (Å²) in [6.07, 6.45) is 1.71. The van der Waals surface area contributed by atoms with Gasteiger partial charge in [0, 0.05) is 12.6 Å². The number of nitrogens with zero attached hydrogens (tertiary/aromatic N) is 2. The second kappa shape index (κ2) is 6.44. The highest BCUT2D eigenvalue weighted by atomic mass is 16.5. The van der Waals surface area contributed by atoms with Crippen molar-refractivity contribution in [3.63, 3.8) is 0 Å². The summed E-state index contributed by atoms with van der Waals surface area (Å²) >= 11 is 0. The lowest BCUT2D eigenvalue weighted by atomic mass is 10.3. The number of nitrogens with one attached hydrogen (secondary N) is 1. The van der Waals surface area contributed by atoms with Gasteiger partial charge in [0.25, 0.3) is 0 Å². The van der Waals surface area contributed by atoms with Gasteiger partial charge in [0.05, 0.1) is 19.3 Å². The number of ether oxygens (including phenoxy) is 1. The van der Waals surface area contributed by atoms with Crippen molar-refractivity contribution in [3.8, 4) is 5.88 Å². The van der Waals surface area contributed by atoms with Crippen molar-refractivity contribution in [2.75, 3.05) is 13.7 Å². The van der Waals surface area contributed by atoms with Crippen LogP contribution in [0.3, 0.4) is 0 Å². The highest BCUT2D eigenvalue weighted by Gasteiger charge is 1.96. The second-order valence-electron chi connectivity index (χ2n) is 3.04. The van der Waals surface area contributed by atoms with Crippen molar-refractivity contribution in [2.45, 2.75) is 6.54 Å². The van der Waals surface area contributed by atoms with Gasteiger partial charge in [-0.15, -0.1) is 6.58 Å². The van der Waals surface area contributed by atoms with Crippen molar-refractivity contribution >= 4 is 5.96 Å². The van der Waals surface area contributed by atoms with Crippen LogP contribution in [0.25, 0.3) is 0 Å². The summed E-state index contributed by atoms with van der Waals surface area (Å²) in [5.41, 5.74) is 6.42. The predicted octanol–water partition coefficient (Wildman–Crippen LogP) is 0.680. The molecule has 16 heavy (non-hydrogen) atoms. The molecule has 86 valence electrons. The lowest BCUT2D eigenvalue weighted by Gasteiger charge is -2.03. The van der Waals surface area contributed by atoms with Gasteiger partial charge in [-0.1, -0.05) is 12.1 Å². The van der Waals surface area contributed by atoms with Crippen molar-refractivity contribution in [3.05, 3.63) is 36.5 Å². The number of methoxy groups -OCH3 is 1. The fourth-order valence-electron chi connectivity index (χ4n) is 1.06. The van der Waals surface area contributed by atoms with E-state index in [0.29, 0.717) is 24.9 Å². The molecule has 3 N–H and O–H groups in total. The van der Waals surface area contributed by atoms with Crippen LogP contribution in [0.15, 0.2) is 35.8 Å². The topological polar surface area (TPSA) is 72.5 Å². The predicted molar refractivity (Wildman–Crippen MR) is 64.3 cm³/mol. The molecule has 0 unspecified atom stereocenters. The van der Waals surface area contributed by atoms with Gasteiger partial charge in [-0.3, -0.25) is 0 Å². The SMILES string of the molecule is C=CCNC(N)=NCc1cccc(OC)n1. The monoisotopic (exact) mass is 220 g/mol. The molecule has 0 aliphatic heterocycles. The van der Waals surface area contributed by atoms with Crippen LogP contribution in [0.5, 0.6) is 5.88 Å². The van der Waals surface area contributed by atoms with Gasteiger partial charge in [-0.05, 0) is 6.07 Å². The average Bonchev–Trinajstić information content (AvgIpc) is 2.34. The van der Waals surface area contributed by atoms with Crippen molar-refractivity contribution in [2.24, 2.45) is 10.7 Å². The Labute approximate surface area is 95.0 Å². The largest absolute Gasteiger partial charge is 0.481 e. The molecule has 0 amide bonds. The number of pyridine rings is 1. The van der Waals surface area contributed by atoms with Crippen LogP contribution in [0.2, 0.25) is 0 Å². The summed E-state index contributed by atoms with van der Waals surface area (Å²) in [4.78, 5) is 8.34. The number of nitrogens with two attached hydrogens (primary N) is 1. The molecule has 0 radical (unpaired) electrons. The first kappa shape index (κ1) is 12.0. The van der Waals surface area contributed by atoms with Crippen molar-refractivity contribution < 1.29 is 4.74 Å². The molecule has 1 rings (SSSR count). The van der Waals surface area contributed by atoms with E-state index < -0.39 is 0 Å². The van der Waals surface area contributed by atoms with Gasteiger partial charge in [-0.2, -0.15) is 0 Å². The molecule has 0 aromatic carbocycles. The Hall–Kier alpha value is -2.04. The molecule has 5 heteroatoms. The molecule has 0 saturated heterocycles. The summed E-state index contributed by atoms with van der Waals surface area (Å²) in [6, 6.07) is 5.52. The lowest BCUT2D eigenvalue weighted by molar-refractivity contribution is 0.396. The Morgan fingerprint density at radius 3 is 3.19 bits per heavy atom. The zero-order chi connectivity index (χ0) is 11.8. The Kier molecular flexibility index (Phi) is 4.85. The van der Waals surface area contributed by atoms with Crippen LogP contribution < -0.4 is 15.8 Å². The first-order valence-corrected chi connectivity index (χ1v) is 4.91. The number of hydrogen-bond donors (Lipinski definition) is 2. The maximum atomic E-state index is 5.61. The first-order valence-electron chi connectivity index (χ1n) is 4.91. The third-order valence-electron chi connectivity index (χ3n) is 1.83. The van der Waals surface area contributed by atoms with E-state index in [1.54, 1.807) is 19.3 Å². The second-order valence-corrected chi connectivity index (χ2v) is 3.04. The maximum absolute atomic E-state index is 5.61. The Balaban J connectivity index is 2.55. The molecule has 5 nitrogen and oxygen atoms in total. The molecular weight excluding hydrogens is 204 g/mol. The molecule has 0 fully saturated rings. The van der Waals surface area contributed by atoms with Crippen molar-refractivity contribution in [1.29, 1.82) is 0 Å². The third-order valence-corrected chi connectivity index (χ3v) is 1.83. The standard InChI is InChI=1S/C11H16N4O/c1-3-7-13-11(12)14-8-9-5-4-6-10(15-9)16-2/h3-6H,1,7-8H2,2H3,(H3,12,13,14). The minimum absolute atomic E-state index is 0.379. The zero-order valence-corrected chi connectivity index (χ0v) is 9.31. The number of aliphatic imine (C=N–C) groups is 1. The minimum Gasteiger partial charge on any atom is -0.481 e. The molecular formula is C11H16N4O. The normalized spacial score (nSPS) is 10.9. The zero-order valence-electron chi connectivity index (χ0n) is 9.31. The minimum atomic E-state index is 0.379. The number of aromatic nitrogens is 1.